The van der Waals surface area contributed by atoms with Gasteiger partial charge in [0.2, 0.25) is 0 Å². The normalized spacial score (nSPS) is 22.9. The van der Waals surface area contributed by atoms with E-state index in [0.29, 0.717) is 66.8 Å². The third kappa shape index (κ3) is 5.20. The number of benzene rings is 2. The SMILES string of the molecule is C[C@H]1C[C@H](C)CN(C(=O)c2ccc(N3C[C@H]4C[C@@H](C3)c3cccc(=O)n3C4)c(NC(=O)c3cc4ccccc4oc3=O)c2)C1. The maximum atomic E-state index is 13.7. The number of carbonyl (C=O) groups excluding carboxylic acids is 2. The Kier molecular flexibility index (Phi) is 7.11. The summed E-state index contributed by atoms with van der Waals surface area (Å²) >= 11 is 0. The van der Waals surface area contributed by atoms with Gasteiger partial charge >= 0.3 is 5.63 Å². The first-order valence-electron chi connectivity index (χ1n) is 15.5. The molecule has 2 amide bonds. The predicted octanol–water partition coefficient (Wildman–Crippen LogP) is 4.95. The van der Waals surface area contributed by atoms with E-state index in [-0.39, 0.29) is 28.9 Å². The van der Waals surface area contributed by atoms with Gasteiger partial charge in [-0.1, -0.05) is 38.1 Å². The molecule has 226 valence electrons. The molecule has 4 aromatic rings. The van der Waals surface area contributed by atoms with Crippen molar-refractivity contribution in [2.75, 3.05) is 36.4 Å². The molecule has 0 spiro atoms. The van der Waals surface area contributed by atoms with Crippen molar-refractivity contribution in [1.29, 1.82) is 0 Å². The molecule has 9 heteroatoms. The van der Waals surface area contributed by atoms with Crippen LogP contribution >= 0.6 is 0 Å². The third-order valence-electron chi connectivity index (χ3n) is 9.35. The highest BCUT2D eigenvalue weighted by molar-refractivity contribution is 6.08. The summed E-state index contributed by atoms with van der Waals surface area (Å²) in [4.78, 5) is 56.9. The first kappa shape index (κ1) is 28.1. The van der Waals surface area contributed by atoms with Crippen LogP contribution in [-0.4, -0.2) is 47.5 Å². The summed E-state index contributed by atoms with van der Waals surface area (Å²) in [5.74, 6) is 0.581. The molecule has 2 aromatic carbocycles. The quantitative estimate of drug-likeness (QED) is 0.337. The second-order valence-electron chi connectivity index (χ2n) is 12.9. The highest BCUT2D eigenvalue weighted by atomic mass is 16.4. The van der Waals surface area contributed by atoms with Crippen molar-refractivity contribution in [2.45, 2.75) is 39.2 Å². The molecule has 4 atom stereocenters. The molecule has 3 aliphatic heterocycles. The van der Waals surface area contributed by atoms with E-state index in [0.717, 1.165) is 24.2 Å². The molecule has 0 unspecified atom stereocenters. The first-order chi connectivity index (χ1) is 21.2. The Morgan fingerprint density at radius 1 is 0.841 bits per heavy atom. The van der Waals surface area contributed by atoms with Crippen molar-refractivity contribution in [1.82, 2.24) is 9.47 Å². The van der Waals surface area contributed by atoms with Crippen molar-refractivity contribution in [2.24, 2.45) is 17.8 Å². The van der Waals surface area contributed by atoms with E-state index in [1.54, 1.807) is 36.4 Å². The first-order valence-corrected chi connectivity index (χ1v) is 15.5. The number of pyridine rings is 1. The topological polar surface area (TPSA) is 105 Å². The molecule has 7 rings (SSSR count). The van der Waals surface area contributed by atoms with Gasteiger partial charge in [-0.3, -0.25) is 14.4 Å². The zero-order chi connectivity index (χ0) is 30.5. The lowest BCUT2D eigenvalue weighted by molar-refractivity contribution is 0.0623. The van der Waals surface area contributed by atoms with E-state index < -0.39 is 11.5 Å². The van der Waals surface area contributed by atoms with Crippen LogP contribution in [0, 0.1) is 17.8 Å². The van der Waals surface area contributed by atoms with Gasteiger partial charge in [-0.2, -0.15) is 0 Å². The maximum Gasteiger partial charge on any atom is 0.349 e. The lowest BCUT2D eigenvalue weighted by atomic mass is 9.83. The number of carbonyl (C=O) groups is 2. The number of para-hydroxylation sites is 1. The van der Waals surface area contributed by atoms with Gasteiger partial charge in [0, 0.05) is 61.4 Å². The van der Waals surface area contributed by atoms with Crippen LogP contribution in [0.2, 0.25) is 0 Å². The molecule has 0 saturated carbocycles. The van der Waals surface area contributed by atoms with Gasteiger partial charge in [-0.25, -0.2) is 4.79 Å². The summed E-state index contributed by atoms with van der Waals surface area (Å²) in [6.45, 7) is 7.72. The van der Waals surface area contributed by atoms with Gasteiger partial charge < -0.3 is 24.1 Å². The number of piperidine rings is 2. The molecule has 2 bridgehead atoms. The number of nitrogens with zero attached hydrogens (tertiary/aromatic N) is 3. The minimum Gasteiger partial charge on any atom is -0.422 e. The van der Waals surface area contributed by atoms with E-state index in [1.807, 2.05) is 39.8 Å². The fourth-order valence-corrected chi connectivity index (χ4v) is 7.56. The molecule has 0 radical (unpaired) electrons. The standard InChI is InChI=1S/C35H36N4O5/c1-21-12-22(2)17-38(16-21)34(42)25-10-11-30(37-18-23-13-26(20-37)29-7-5-9-32(40)39(29)19-23)28(15-25)36-33(41)27-14-24-6-3-4-8-31(24)44-35(27)43/h3-11,14-15,21-23,26H,12-13,16-20H2,1-2H3,(H,36,41)/t21-,22-,23+,26-/m0/s1. The van der Waals surface area contributed by atoms with E-state index >= 15 is 0 Å². The Morgan fingerprint density at radius 2 is 1.64 bits per heavy atom. The zero-order valence-corrected chi connectivity index (χ0v) is 25.0. The smallest absolute Gasteiger partial charge is 0.349 e. The second kappa shape index (κ2) is 11.1. The van der Waals surface area contributed by atoms with Gasteiger partial charge in [0.05, 0.1) is 11.4 Å². The average Bonchev–Trinajstić information content (AvgIpc) is 3.00. The Labute approximate surface area is 255 Å². The van der Waals surface area contributed by atoms with E-state index in [1.165, 1.54) is 0 Å². The van der Waals surface area contributed by atoms with Gasteiger partial charge in [0.25, 0.3) is 17.4 Å². The Balaban J connectivity index is 1.25. The van der Waals surface area contributed by atoms with Crippen LogP contribution in [0.3, 0.4) is 0 Å². The number of rotatable bonds is 4. The third-order valence-corrected chi connectivity index (χ3v) is 9.35. The van der Waals surface area contributed by atoms with Gasteiger partial charge in [0.1, 0.15) is 11.1 Å². The monoisotopic (exact) mass is 592 g/mol. The molecule has 3 aliphatic rings. The van der Waals surface area contributed by atoms with Crippen LogP contribution in [-0.2, 0) is 6.54 Å². The Hall–Kier alpha value is -4.66. The van der Waals surface area contributed by atoms with Crippen LogP contribution in [0.25, 0.3) is 11.0 Å². The Morgan fingerprint density at radius 3 is 2.45 bits per heavy atom. The molecular formula is C35H36N4O5. The predicted molar refractivity (Wildman–Crippen MR) is 169 cm³/mol. The molecule has 9 nitrogen and oxygen atoms in total. The molecular weight excluding hydrogens is 556 g/mol. The fourth-order valence-electron chi connectivity index (χ4n) is 7.56. The number of likely N-dealkylation sites (tertiary alicyclic amines) is 1. The number of nitrogens with one attached hydrogen (secondary N) is 1. The van der Waals surface area contributed by atoms with Crippen molar-refractivity contribution in [3.63, 3.8) is 0 Å². The number of amides is 2. The summed E-state index contributed by atoms with van der Waals surface area (Å²) in [6, 6.07) is 19.5. The van der Waals surface area contributed by atoms with Crippen molar-refractivity contribution < 1.29 is 14.0 Å². The summed E-state index contributed by atoms with van der Waals surface area (Å²) in [7, 11) is 0. The molecule has 1 N–H and O–H groups in total. The summed E-state index contributed by atoms with van der Waals surface area (Å²) in [6.07, 6.45) is 2.08. The summed E-state index contributed by atoms with van der Waals surface area (Å²) in [5, 5.41) is 3.62. The lowest BCUT2D eigenvalue weighted by Crippen LogP contribution is -2.47. The van der Waals surface area contributed by atoms with Crippen LogP contribution in [0.4, 0.5) is 11.4 Å². The zero-order valence-electron chi connectivity index (χ0n) is 25.0. The van der Waals surface area contributed by atoms with Gasteiger partial charge in [0.15, 0.2) is 0 Å². The highest BCUT2D eigenvalue weighted by Crippen LogP contribution is 2.39. The molecule has 0 aliphatic carbocycles. The number of anilines is 2. The van der Waals surface area contributed by atoms with E-state index in [2.05, 4.69) is 24.1 Å². The van der Waals surface area contributed by atoms with Crippen LogP contribution in [0.5, 0.6) is 0 Å². The number of hydrogen-bond donors (Lipinski definition) is 1. The largest absolute Gasteiger partial charge is 0.422 e. The highest BCUT2D eigenvalue weighted by Gasteiger charge is 2.36. The number of aromatic nitrogens is 1. The van der Waals surface area contributed by atoms with Gasteiger partial charge in [-0.05, 0) is 67.0 Å². The Bertz CT molecular complexity index is 1880. The van der Waals surface area contributed by atoms with Crippen LogP contribution in [0.1, 0.15) is 59.0 Å². The lowest BCUT2D eigenvalue weighted by Gasteiger charge is -2.44. The minimum atomic E-state index is -0.721. The van der Waals surface area contributed by atoms with Crippen molar-refractivity contribution in [3.05, 3.63) is 104 Å². The van der Waals surface area contributed by atoms with Crippen LogP contribution in [0.15, 0.2) is 80.7 Å². The summed E-state index contributed by atoms with van der Waals surface area (Å²) < 4.78 is 7.33. The minimum absolute atomic E-state index is 0.0250. The molecule has 2 saturated heterocycles. The van der Waals surface area contributed by atoms with Crippen LogP contribution < -0.4 is 21.4 Å². The molecule has 5 heterocycles. The number of hydrogen-bond acceptors (Lipinski definition) is 6. The molecule has 2 aromatic heterocycles. The fraction of sp³-hybridized carbons (Fsp3) is 0.371. The van der Waals surface area contributed by atoms with Crippen molar-refractivity contribution >= 4 is 34.2 Å². The summed E-state index contributed by atoms with van der Waals surface area (Å²) in [5.41, 5.74) is 2.38. The average molecular weight is 593 g/mol. The van der Waals surface area contributed by atoms with Gasteiger partial charge in [-0.15, -0.1) is 0 Å². The second-order valence-corrected chi connectivity index (χ2v) is 12.9. The molecule has 44 heavy (non-hydrogen) atoms. The van der Waals surface area contributed by atoms with Crippen molar-refractivity contribution in [3.8, 4) is 0 Å². The maximum absolute atomic E-state index is 13.7. The van der Waals surface area contributed by atoms with E-state index in [9.17, 15) is 19.2 Å². The molecule has 2 fully saturated rings. The number of fused-ring (bicyclic) bond motifs is 5. The van der Waals surface area contributed by atoms with E-state index in [4.69, 9.17) is 4.42 Å².